The highest BCUT2D eigenvalue weighted by molar-refractivity contribution is 5.91. The Morgan fingerprint density at radius 2 is 1.88 bits per heavy atom. The van der Waals surface area contributed by atoms with E-state index in [-0.39, 0.29) is 12.5 Å². The van der Waals surface area contributed by atoms with Gasteiger partial charge in [-0.1, -0.05) is 6.07 Å². The molecule has 0 saturated carbocycles. The zero-order chi connectivity index (χ0) is 16.9. The van der Waals surface area contributed by atoms with Gasteiger partial charge in [-0.2, -0.15) is 0 Å². The minimum Gasteiger partial charge on any atom is -0.484 e. The number of aromatic nitrogens is 1. The van der Waals surface area contributed by atoms with Crippen molar-refractivity contribution < 1.29 is 9.53 Å². The summed E-state index contributed by atoms with van der Waals surface area (Å²) in [5, 5.41) is 2.81. The van der Waals surface area contributed by atoms with Crippen LogP contribution in [0.15, 0.2) is 36.5 Å². The predicted molar refractivity (Wildman–Crippen MR) is 95.7 cm³/mol. The summed E-state index contributed by atoms with van der Waals surface area (Å²) in [5.74, 6) is 1.49. The van der Waals surface area contributed by atoms with E-state index >= 15 is 0 Å². The minimum atomic E-state index is -0.190. The van der Waals surface area contributed by atoms with Crippen molar-refractivity contribution >= 4 is 17.4 Å². The lowest BCUT2D eigenvalue weighted by Gasteiger charge is -2.16. The maximum atomic E-state index is 12.0. The molecule has 0 aliphatic carbocycles. The van der Waals surface area contributed by atoms with Crippen molar-refractivity contribution in [3.63, 3.8) is 0 Å². The first-order chi connectivity index (χ1) is 11.6. The maximum Gasteiger partial charge on any atom is 0.262 e. The van der Waals surface area contributed by atoms with E-state index in [1.807, 2.05) is 38.1 Å². The summed E-state index contributed by atoms with van der Waals surface area (Å²) < 4.78 is 5.57. The van der Waals surface area contributed by atoms with E-state index in [2.05, 4.69) is 21.3 Å². The van der Waals surface area contributed by atoms with Crippen LogP contribution in [0.2, 0.25) is 0 Å². The van der Waals surface area contributed by atoms with Gasteiger partial charge in [0.05, 0.1) is 11.9 Å². The third-order valence-electron chi connectivity index (χ3n) is 4.03. The molecule has 1 saturated heterocycles. The molecule has 0 atom stereocenters. The van der Waals surface area contributed by atoms with E-state index in [0.29, 0.717) is 11.4 Å². The largest absolute Gasteiger partial charge is 0.484 e. The van der Waals surface area contributed by atoms with Crippen LogP contribution in [0.3, 0.4) is 0 Å². The normalized spacial score (nSPS) is 13.8. The Bertz CT molecular complexity index is 687. The fourth-order valence-electron chi connectivity index (χ4n) is 2.96. The summed E-state index contributed by atoms with van der Waals surface area (Å²) in [7, 11) is 0. The first-order valence-corrected chi connectivity index (χ1v) is 8.32. The van der Waals surface area contributed by atoms with Crippen molar-refractivity contribution in [3.8, 4) is 5.75 Å². The number of benzene rings is 1. The van der Waals surface area contributed by atoms with Crippen LogP contribution in [0, 0.1) is 13.8 Å². The monoisotopic (exact) mass is 325 g/mol. The van der Waals surface area contributed by atoms with Gasteiger partial charge < -0.3 is 15.0 Å². The molecule has 2 aromatic rings. The Hall–Kier alpha value is -2.56. The third kappa shape index (κ3) is 4.25. The number of carbonyl (C=O) groups is 1. The number of ether oxygens (including phenoxy) is 1. The van der Waals surface area contributed by atoms with Gasteiger partial charge in [0.2, 0.25) is 0 Å². The quantitative estimate of drug-likeness (QED) is 0.916. The number of anilines is 2. The summed E-state index contributed by atoms with van der Waals surface area (Å²) in [6, 6.07) is 9.75. The highest BCUT2D eigenvalue weighted by Crippen LogP contribution is 2.19. The second-order valence-electron chi connectivity index (χ2n) is 6.26. The van der Waals surface area contributed by atoms with Crippen LogP contribution in [0.25, 0.3) is 0 Å². The Morgan fingerprint density at radius 1 is 1.17 bits per heavy atom. The van der Waals surface area contributed by atoms with Gasteiger partial charge in [0, 0.05) is 13.1 Å². The molecule has 1 aromatic heterocycles. The van der Waals surface area contributed by atoms with Crippen LogP contribution < -0.4 is 15.0 Å². The first-order valence-electron chi connectivity index (χ1n) is 8.32. The van der Waals surface area contributed by atoms with Gasteiger partial charge in [0.1, 0.15) is 11.6 Å². The average Bonchev–Trinajstić information content (AvgIpc) is 3.07. The lowest BCUT2D eigenvalue weighted by Crippen LogP contribution is -2.21. The Kier molecular flexibility index (Phi) is 4.99. The van der Waals surface area contributed by atoms with E-state index in [9.17, 15) is 4.79 Å². The van der Waals surface area contributed by atoms with Crippen molar-refractivity contribution in [2.24, 2.45) is 0 Å². The molecule has 1 fully saturated rings. The zero-order valence-electron chi connectivity index (χ0n) is 14.2. The molecule has 0 unspecified atom stereocenters. The third-order valence-corrected chi connectivity index (χ3v) is 4.03. The smallest absolute Gasteiger partial charge is 0.262 e. The number of pyridine rings is 1. The fraction of sp³-hybridized carbons (Fsp3) is 0.368. The number of aryl methyl sites for hydroxylation is 2. The Balaban J connectivity index is 1.52. The van der Waals surface area contributed by atoms with Gasteiger partial charge in [0.25, 0.3) is 5.91 Å². The van der Waals surface area contributed by atoms with Crippen LogP contribution in [0.1, 0.15) is 24.0 Å². The van der Waals surface area contributed by atoms with E-state index < -0.39 is 0 Å². The Labute approximate surface area is 142 Å². The van der Waals surface area contributed by atoms with E-state index in [1.54, 1.807) is 6.20 Å². The molecule has 0 spiro atoms. The molecule has 1 aliphatic rings. The number of hydrogen-bond acceptors (Lipinski definition) is 4. The number of amides is 1. The standard InChI is InChI=1S/C19H23N3O2/c1-14-9-15(2)11-17(10-14)24-13-19(23)21-16-5-6-18(20-12-16)22-7-3-4-8-22/h5-6,9-12H,3-4,7-8,13H2,1-2H3,(H,21,23). The number of carbonyl (C=O) groups excluding carboxylic acids is 1. The number of rotatable bonds is 5. The molecule has 5 nitrogen and oxygen atoms in total. The average molecular weight is 325 g/mol. The predicted octanol–water partition coefficient (Wildman–Crippen LogP) is 3.32. The van der Waals surface area contributed by atoms with Gasteiger partial charge in [-0.15, -0.1) is 0 Å². The summed E-state index contributed by atoms with van der Waals surface area (Å²) in [6.07, 6.45) is 4.13. The molecule has 1 aliphatic heterocycles. The summed E-state index contributed by atoms with van der Waals surface area (Å²) in [5.41, 5.74) is 2.92. The van der Waals surface area contributed by atoms with Crippen molar-refractivity contribution in [1.29, 1.82) is 0 Å². The zero-order valence-corrected chi connectivity index (χ0v) is 14.2. The molecule has 0 bridgehead atoms. The van der Waals surface area contributed by atoms with Crippen LogP contribution in [-0.4, -0.2) is 30.6 Å². The molecule has 5 heteroatoms. The van der Waals surface area contributed by atoms with Crippen molar-refractivity contribution in [2.75, 3.05) is 29.9 Å². The van der Waals surface area contributed by atoms with Gasteiger partial charge >= 0.3 is 0 Å². The summed E-state index contributed by atoms with van der Waals surface area (Å²) in [6.45, 7) is 6.11. The maximum absolute atomic E-state index is 12.0. The SMILES string of the molecule is Cc1cc(C)cc(OCC(=O)Nc2ccc(N3CCCC3)nc2)c1. The lowest BCUT2D eigenvalue weighted by atomic mass is 10.1. The van der Waals surface area contributed by atoms with Crippen molar-refractivity contribution in [1.82, 2.24) is 4.98 Å². The summed E-state index contributed by atoms with van der Waals surface area (Å²) in [4.78, 5) is 18.7. The first kappa shape index (κ1) is 16.3. The molecule has 126 valence electrons. The lowest BCUT2D eigenvalue weighted by molar-refractivity contribution is -0.118. The second kappa shape index (κ2) is 7.34. The number of nitrogens with one attached hydrogen (secondary N) is 1. The molecule has 2 heterocycles. The molecule has 1 amide bonds. The van der Waals surface area contributed by atoms with Crippen LogP contribution in [0.5, 0.6) is 5.75 Å². The van der Waals surface area contributed by atoms with Crippen LogP contribution in [0.4, 0.5) is 11.5 Å². The topological polar surface area (TPSA) is 54.5 Å². The fourth-order valence-corrected chi connectivity index (χ4v) is 2.96. The van der Waals surface area contributed by atoms with Gasteiger partial charge in [-0.05, 0) is 62.1 Å². The minimum absolute atomic E-state index is 0.0171. The van der Waals surface area contributed by atoms with Crippen LogP contribution in [-0.2, 0) is 4.79 Å². The summed E-state index contributed by atoms with van der Waals surface area (Å²) >= 11 is 0. The van der Waals surface area contributed by atoms with E-state index in [0.717, 1.165) is 30.0 Å². The molecular weight excluding hydrogens is 302 g/mol. The highest BCUT2D eigenvalue weighted by atomic mass is 16.5. The molecular formula is C19H23N3O2. The second-order valence-corrected chi connectivity index (χ2v) is 6.26. The van der Waals surface area contributed by atoms with Crippen molar-refractivity contribution in [2.45, 2.75) is 26.7 Å². The molecule has 3 rings (SSSR count). The van der Waals surface area contributed by atoms with Gasteiger partial charge in [-0.25, -0.2) is 4.98 Å². The molecule has 24 heavy (non-hydrogen) atoms. The van der Waals surface area contributed by atoms with Crippen LogP contribution >= 0.6 is 0 Å². The Morgan fingerprint density at radius 3 is 2.50 bits per heavy atom. The van der Waals surface area contributed by atoms with Gasteiger partial charge in [0.15, 0.2) is 6.61 Å². The van der Waals surface area contributed by atoms with E-state index in [4.69, 9.17) is 4.74 Å². The van der Waals surface area contributed by atoms with E-state index in [1.165, 1.54) is 12.8 Å². The molecule has 1 aromatic carbocycles. The van der Waals surface area contributed by atoms with Gasteiger partial charge in [-0.3, -0.25) is 4.79 Å². The number of hydrogen-bond donors (Lipinski definition) is 1. The highest BCUT2D eigenvalue weighted by Gasteiger charge is 2.13. The number of nitrogens with zero attached hydrogens (tertiary/aromatic N) is 2. The molecule has 0 radical (unpaired) electrons. The molecule has 1 N–H and O–H groups in total. The van der Waals surface area contributed by atoms with Crippen molar-refractivity contribution in [3.05, 3.63) is 47.7 Å².